The fraction of sp³-hybridized carbons (Fsp3) is 0.133. The van der Waals surface area contributed by atoms with Crippen molar-refractivity contribution in [1.82, 2.24) is 0 Å². The zero-order valence-corrected chi connectivity index (χ0v) is 12.6. The fourth-order valence-corrected chi connectivity index (χ4v) is 2.55. The third-order valence-corrected chi connectivity index (χ3v) is 3.85. The number of nitrogens with two attached hydrogens (primary N) is 1. The van der Waals surface area contributed by atoms with Gasteiger partial charge in [-0.15, -0.1) is 0 Å². The third-order valence-electron chi connectivity index (χ3n) is 2.92. The molecule has 0 heterocycles. The van der Waals surface area contributed by atoms with E-state index in [0.29, 0.717) is 11.3 Å². The van der Waals surface area contributed by atoms with Crippen molar-refractivity contribution in [1.29, 1.82) is 0 Å². The molecule has 0 radical (unpaired) electrons. The number of rotatable bonds is 3. The van der Waals surface area contributed by atoms with Crippen LogP contribution in [0.25, 0.3) is 0 Å². The van der Waals surface area contributed by atoms with Crippen LogP contribution in [0.1, 0.15) is 21.5 Å². The van der Waals surface area contributed by atoms with E-state index in [1.54, 1.807) is 12.1 Å². The van der Waals surface area contributed by atoms with Crippen molar-refractivity contribution in [3.8, 4) is 0 Å². The molecule has 1 amide bonds. The summed E-state index contributed by atoms with van der Waals surface area (Å²) in [4.78, 5) is 12.2. The minimum atomic E-state index is -3.72. The van der Waals surface area contributed by atoms with Gasteiger partial charge >= 0.3 is 0 Å². The molecule has 0 fully saturated rings. The highest BCUT2D eigenvalue weighted by molar-refractivity contribution is 7.89. The molecule has 0 saturated carbocycles. The van der Waals surface area contributed by atoms with Gasteiger partial charge in [-0.1, -0.05) is 17.2 Å². The van der Waals surface area contributed by atoms with Gasteiger partial charge in [-0.3, -0.25) is 4.79 Å². The fourth-order valence-electron chi connectivity index (χ4n) is 2.04. The van der Waals surface area contributed by atoms with E-state index < -0.39 is 10.0 Å². The quantitative estimate of drug-likeness (QED) is 0.911. The second-order valence-electron chi connectivity index (χ2n) is 4.90. The second-order valence-corrected chi connectivity index (χ2v) is 6.46. The number of aryl methyl sites for hydroxylation is 2. The van der Waals surface area contributed by atoms with Crippen molar-refractivity contribution in [2.24, 2.45) is 5.14 Å². The summed E-state index contributed by atoms with van der Waals surface area (Å²) in [5, 5.41) is 7.73. The number of primary sulfonamides is 1. The molecule has 0 saturated heterocycles. The van der Waals surface area contributed by atoms with Crippen LogP contribution in [-0.2, 0) is 10.0 Å². The number of nitrogens with one attached hydrogen (secondary N) is 1. The zero-order valence-electron chi connectivity index (χ0n) is 11.8. The summed E-state index contributed by atoms with van der Waals surface area (Å²) < 4.78 is 22.3. The molecule has 21 heavy (non-hydrogen) atoms. The molecule has 6 heteroatoms. The smallest absolute Gasteiger partial charge is 0.255 e. The van der Waals surface area contributed by atoms with E-state index in [1.807, 2.05) is 19.9 Å². The van der Waals surface area contributed by atoms with Gasteiger partial charge in [-0.05, 0) is 50.2 Å². The van der Waals surface area contributed by atoms with Crippen LogP contribution in [-0.4, -0.2) is 14.3 Å². The van der Waals surface area contributed by atoms with Crippen molar-refractivity contribution in [2.45, 2.75) is 18.7 Å². The van der Waals surface area contributed by atoms with Crippen molar-refractivity contribution in [2.75, 3.05) is 5.32 Å². The van der Waals surface area contributed by atoms with E-state index in [2.05, 4.69) is 5.32 Å². The Morgan fingerprint density at radius 2 is 1.52 bits per heavy atom. The number of anilines is 1. The molecular weight excluding hydrogens is 288 g/mol. The van der Waals surface area contributed by atoms with E-state index in [4.69, 9.17) is 5.14 Å². The Hall–Kier alpha value is -2.18. The van der Waals surface area contributed by atoms with Crippen LogP contribution >= 0.6 is 0 Å². The lowest BCUT2D eigenvalue weighted by atomic mass is 10.1. The maximum atomic E-state index is 12.1. The Morgan fingerprint density at radius 3 is 2.00 bits per heavy atom. The first kappa shape index (κ1) is 15.2. The Labute approximate surface area is 123 Å². The number of hydrogen-bond acceptors (Lipinski definition) is 3. The Bertz CT molecular complexity index is 761. The molecule has 2 aromatic carbocycles. The molecule has 3 N–H and O–H groups in total. The largest absolute Gasteiger partial charge is 0.322 e. The van der Waals surface area contributed by atoms with Crippen molar-refractivity contribution in [3.05, 3.63) is 59.2 Å². The molecule has 0 spiro atoms. The van der Waals surface area contributed by atoms with Crippen LogP contribution in [0.4, 0.5) is 5.69 Å². The molecule has 5 nitrogen and oxygen atoms in total. The van der Waals surface area contributed by atoms with Crippen molar-refractivity contribution >= 4 is 21.6 Å². The molecule has 0 atom stereocenters. The Morgan fingerprint density at radius 1 is 1.00 bits per heavy atom. The van der Waals surface area contributed by atoms with Gasteiger partial charge in [-0.2, -0.15) is 0 Å². The second kappa shape index (κ2) is 5.67. The number of amides is 1. The maximum Gasteiger partial charge on any atom is 0.255 e. The number of carbonyl (C=O) groups excluding carboxylic acids is 1. The SMILES string of the molecule is Cc1cc(C)cc(C(=O)Nc2ccc(S(N)(=O)=O)cc2)c1. The van der Waals surface area contributed by atoms with Gasteiger partial charge in [0.1, 0.15) is 0 Å². The summed E-state index contributed by atoms with van der Waals surface area (Å²) in [5.74, 6) is -0.245. The zero-order chi connectivity index (χ0) is 15.6. The average molecular weight is 304 g/mol. The molecular formula is C15H16N2O3S. The molecule has 0 aliphatic carbocycles. The summed E-state index contributed by atoms with van der Waals surface area (Å²) in [6.07, 6.45) is 0. The highest BCUT2D eigenvalue weighted by Gasteiger charge is 2.10. The lowest BCUT2D eigenvalue weighted by molar-refractivity contribution is 0.102. The van der Waals surface area contributed by atoms with Crippen LogP contribution in [0.3, 0.4) is 0 Å². The number of sulfonamides is 1. The molecule has 0 aliphatic rings. The number of benzene rings is 2. The maximum absolute atomic E-state index is 12.1. The first-order chi connectivity index (χ1) is 9.75. The molecule has 2 aromatic rings. The monoisotopic (exact) mass is 304 g/mol. The van der Waals surface area contributed by atoms with Crippen molar-refractivity contribution in [3.63, 3.8) is 0 Å². The molecule has 0 unspecified atom stereocenters. The van der Waals surface area contributed by atoms with Crippen LogP contribution in [0, 0.1) is 13.8 Å². The van der Waals surface area contributed by atoms with Crippen LogP contribution in [0.2, 0.25) is 0 Å². The average Bonchev–Trinajstić information content (AvgIpc) is 2.37. The molecule has 0 aromatic heterocycles. The van der Waals surface area contributed by atoms with Gasteiger partial charge in [-0.25, -0.2) is 13.6 Å². The highest BCUT2D eigenvalue weighted by Crippen LogP contribution is 2.15. The van der Waals surface area contributed by atoms with E-state index in [0.717, 1.165) is 11.1 Å². The van der Waals surface area contributed by atoms with Gasteiger partial charge in [0.15, 0.2) is 0 Å². The Kier molecular flexibility index (Phi) is 4.11. The van der Waals surface area contributed by atoms with E-state index in [1.165, 1.54) is 24.3 Å². The predicted molar refractivity (Wildman–Crippen MR) is 81.7 cm³/mol. The number of carbonyl (C=O) groups is 1. The van der Waals surface area contributed by atoms with Gasteiger partial charge in [0, 0.05) is 11.3 Å². The van der Waals surface area contributed by atoms with Crippen molar-refractivity contribution < 1.29 is 13.2 Å². The number of hydrogen-bond donors (Lipinski definition) is 2. The normalized spacial score (nSPS) is 11.2. The van der Waals surface area contributed by atoms with E-state index in [-0.39, 0.29) is 10.8 Å². The summed E-state index contributed by atoms with van der Waals surface area (Å²) in [5.41, 5.74) is 3.07. The predicted octanol–water partition coefficient (Wildman–Crippen LogP) is 2.20. The third kappa shape index (κ3) is 3.90. The lowest BCUT2D eigenvalue weighted by Gasteiger charge is -2.07. The molecule has 0 aliphatic heterocycles. The van der Waals surface area contributed by atoms with Gasteiger partial charge in [0.25, 0.3) is 5.91 Å². The van der Waals surface area contributed by atoms with E-state index >= 15 is 0 Å². The van der Waals surface area contributed by atoms with Crippen LogP contribution in [0.5, 0.6) is 0 Å². The van der Waals surface area contributed by atoms with Gasteiger partial charge in [0.2, 0.25) is 10.0 Å². The Balaban J connectivity index is 2.20. The summed E-state index contributed by atoms with van der Waals surface area (Å²) in [6.45, 7) is 3.84. The van der Waals surface area contributed by atoms with Gasteiger partial charge in [0.05, 0.1) is 4.90 Å². The minimum absolute atomic E-state index is 0.00639. The molecule has 2 rings (SSSR count). The van der Waals surface area contributed by atoms with Gasteiger partial charge < -0.3 is 5.32 Å². The lowest BCUT2D eigenvalue weighted by Crippen LogP contribution is -2.14. The summed E-state index contributed by atoms with van der Waals surface area (Å²) in [6, 6.07) is 11.3. The minimum Gasteiger partial charge on any atom is -0.322 e. The first-order valence-electron chi connectivity index (χ1n) is 6.28. The molecule has 0 bridgehead atoms. The molecule has 110 valence electrons. The summed E-state index contributed by atoms with van der Waals surface area (Å²) >= 11 is 0. The first-order valence-corrected chi connectivity index (χ1v) is 7.83. The summed E-state index contributed by atoms with van der Waals surface area (Å²) in [7, 11) is -3.72. The van der Waals surface area contributed by atoms with Crippen LogP contribution < -0.4 is 10.5 Å². The topological polar surface area (TPSA) is 89.3 Å². The highest BCUT2D eigenvalue weighted by atomic mass is 32.2. The standard InChI is InChI=1S/C15H16N2O3S/c1-10-7-11(2)9-12(8-10)15(18)17-13-3-5-14(6-4-13)21(16,19)20/h3-9H,1-2H3,(H,17,18)(H2,16,19,20). The van der Waals surface area contributed by atoms with Crippen LogP contribution in [0.15, 0.2) is 47.4 Å². The van der Waals surface area contributed by atoms with E-state index in [9.17, 15) is 13.2 Å².